The number of carbonyl (C=O) groups is 4. The number of nitrogens with one attached hydrogen (secondary N) is 3. The molecule has 2 fully saturated rings. The van der Waals surface area contributed by atoms with Gasteiger partial charge >= 0.3 is 18.2 Å². The Hall–Kier alpha value is -3.94. The Balaban J connectivity index is 1.38. The number of hydrogen-bond acceptors (Lipinski definition) is 10. The maximum atomic E-state index is 13.0. The third-order valence-electron chi connectivity index (χ3n) is 8.09. The van der Waals surface area contributed by atoms with E-state index in [0.29, 0.717) is 45.4 Å². The first-order valence-corrected chi connectivity index (χ1v) is 15.7. The molecule has 2 aliphatic heterocycles. The zero-order valence-electron chi connectivity index (χ0n) is 26.7. The lowest BCUT2D eigenvalue weighted by molar-refractivity contribution is -0.329. The van der Waals surface area contributed by atoms with Crippen LogP contribution in [0.3, 0.4) is 0 Å². The number of hydrogen-bond donors (Lipinski definition) is 3. The second kappa shape index (κ2) is 17.1. The highest BCUT2D eigenvalue weighted by molar-refractivity contribution is 5.86. The van der Waals surface area contributed by atoms with E-state index in [1.165, 1.54) is 7.11 Å². The van der Waals surface area contributed by atoms with Crippen molar-refractivity contribution in [2.45, 2.75) is 88.6 Å². The molecule has 0 aromatic heterocycles. The molecule has 2 aliphatic rings. The fourth-order valence-corrected chi connectivity index (χ4v) is 5.89. The second-order valence-electron chi connectivity index (χ2n) is 11.6. The number of amides is 3. The molecule has 2 aromatic carbocycles. The zero-order chi connectivity index (χ0) is 32.9. The summed E-state index contributed by atoms with van der Waals surface area (Å²) in [7, 11) is 2.80. The van der Waals surface area contributed by atoms with Crippen molar-refractivity contribution in [3.8, 4) is 0 Å². The van der Waals surface area contributed by atoms with Gasteiger partial charge in [-0.2, -0.15) is 0 Å². The molecule has 2 heterocycles. The number of benzene rings is 2. The van der Waals surface area contributed by atoms with Crippen LogP contribution in [0, 0.1) is 0 Å². The SMILES string of the molecule is COCCNC(=O)OCC1CCCC2(CC(OC(=O)NCc3cccc4ccccc34)CC(CCC(=O)N[C@@H](C)C(=O)OC)O2)O1. The average molecular weight is 644 g/mol. The normalized spacial score (nSPS) is 23.2. The van der Waals surface area contributed by atoms with Gasteiger partial charge < -0.3 is 44.4 Å². The van der Waals surface area contributed by atoms with Gasteiger partial charge in [-0.05, 0) is 42.5 Å². The van der Waals surface area contributed by atoms with Crippen LogP contribution in [-0.2, 0) is 44.6 Å². The highest BCUT2D eigenvalue weighted by Gasteiger charge is 2.47. The lowest BCUT2D eigenvalue weighted by Gasteiger charge is -2.47. The van der Waals surface area contributed by atoms with E-state index in [0.717, 1.165) is 22.8 Å². The summed E-state index contributed by atoms with van der Waals surface area (Å²) >= 11 is 0. The topological polar surface area (TPSA) is 160 Å². The average Bonchev–Trinajstić information content (AvgIpc) is 3.05. The fraction of sp³-hybridized carbons (Fsp3) is 0.576. The van der Waals surface area contributed by atoms with Crippen molar-refractivity contribution in [2.24, 2.45) is 0 Å². The van der Waals surface area contributed by atoms with Crippen molar-refractivity contribution in [3.63, 3.8) is 0 Å². The van der Waals surface area contributed by atoms with Crippen LogP contribution in [0.25, 0.3) is 10.8 Å². The quantitative estimate of drug-likeness (QED) is 0.167. The van der Waals surface area contributed by atoms with Crippen LogP contribution in [0.15, 0.2) is 42.5 Å². The molecule has 13 heteroatoms. The van der Waals surface area contributed by atoms with Gasteiger partial charge in [0.25, 0.3) is 0 Å². The molecule has 13 nitrogen and oxygen atoms in total. The van der Waals surface area contributed by atoms with Crippen LogP contribution in [0.4, 0.5) is 9.59 Å². The van der Waals surface area contributed by atoms with Gasteiger partial charge in [0.2, 0.25) is 5.91 Å². The van der Waals surface area contributed by atoms with Crippen LogP contribution in [0.5, 0.6) is 0 Å². The lowest BCUT2D eigenvalue weighted by Crippen LogP contribution is -2.53. The van der Waals surface area contributed by atoms with E-state index < -0.39 is 48.3 Å². The summed E-state index contributed by atoms with van der Waals surface area (Å²) in [5.41, 5.74) is 0.966. The van der Waals surface area contributed by atoms with Crippen molar-refractivity contribution in [1.29, 1.82) is 0 Å². The smallest absolute Gasteiger partial charge is 0.407 e. The van der Waals surface area contributed by atoms with Gasteiger partial charge in [0.1, 0.15) is 18.8 Å². The van der Waals surface area contributed by atoms with E-state index >= 15 is 0 Å². The monoisotopic (exact) mass is 643 g/mol. The highest BCUT2D eigenvalue weighted by atomic mass is 16.7. The van der Waals surface area contributed by atoms with E-state index in [1.807, 2.05) is 42.5 Å². The third kappa shape index (κ3) is 10.3. The maximum Gasteiger partial charge on any atom is 0.407 e. The lowest BCUT2D eigenvalue weighted by atomic mass is 9.90. The maximum absolute atomic E-state index is 13.0. The number of rotatable bonds is 13. The first-order chi connectivity index (χ1) is 22.2. The van der Waals surface area contributed by atoms with Gasteiger partial charge in [0.15, 0.2) is 5.79 Å². The van der Waals surface area contributed by atoms with Crippen LogP contribution >= 0.6 is 0 Å². The van der Waals surface area contributed by atoms with Crippen LogP contribution in [0.1, 0.15) is 57.4 Å². The van der Waals surface area contributed by atoms with Crippen LogP contribution in [-0.4, -0.2) is 88.2 Å². The van der Waals surface area contributed by atoms with Crippen molar-refractivity contribution < 1.29 is 47.6 Å². The number of ether oxygens (including phenoxy) is 6. The van der Waals surface area contributed by atoms with Gasteiger partial charge in [-0.25, -0.2) is 14.4 Å². The molecule has 0 radical (unpaired) electrons. The summed E-state index contributed by atoms with van der Waals surface area (Å²) in [6.45, 7) is 2.55. The molecule has 46 heavy (non-hydrogen) atoms. The molecular formula is C33H45N3O10. The number of carbonyl (C=O) groups excluding carboxylic acids is 4. The number of esters is 1. The Morgan fingerprint density at radius 3 is 2.59 bits per heavy atom. The third-order valence-corrected chi connectivity index (χ3v) is 8.09. The first kappa shape index (κ1) is 34.9. The fourth-order valence-electron chi connectivity index (χ4n) is 5.89. The molecule has 252 valence electrons. The Morgan fingerprint density at radius 2 is 1.78 bits per heavy atom. The summed E-state index contributed by atoms with van der Waals surface area (Å²) < 4.78 is 33.8. The molecule has 0 aliphatic carbocycles. The molecule has 4 rings (SSSR count). The minimum atomic E-state index is -1.09. The van der Waals surface area contributed by atoms with Gasteiger partial charge in [0.05, 0.1) is 25.9 Å². The van der Waals surface area contributed by atoms with Crippen molar-refractivity contribution in [2.75, 3.05) is 34.0 Å². The summed E-state index contributed by atoms with van der Waals surface area (Å²) in [6, 6.07) is 13.1. The largest absolute Gasteiger partial charge is 0.467 e. The van der Waals surface area contributed by atoms with Gasteiger partial charge in [-0.3, -0.25) is 4.79 Å². The minimum Gasteiger partial charge on any atom is -0.467 e. The number of alkyl carbamates (subject to hydrolysis) is 2. The van der Waals surface area contributed by atoms with E-state index in [1.54, 1.807) is 14.0 Å². The predicted molar refractivity (Wildman–Crippen MR) is 167 cm³/mol. The molecule has 3 amide bonds. The Bertz CT molecular complexity index is 1330. The Kier molecular flexibility index (Phi) is 13.0. The van der Waals surface area contributed by atoms with E-state index in [2.05, 4.69) is 20.7 Å². The molecule has 0 bridgehead atoms. The van der Waals surface area contributed by atoms with Gasteiger partial charge in [-0.1, -0.05) is 42.5 Å². The standard InChI is InChI=1S/C33H45N3O10/c1-22(30(38)42-3)36-29(37)14-13-25-18-27(44-32(40)35-20-24-10-6-9-23-8-4-5-12-28(23)24)19-33(45-25)15-7-11-26(46-33)21-43-31(39)34-16-17-41-2/h4-6,8-10,12,22,25-27H,7,11,13-21H2,1-3H3,(H,34,39)(H,35,40)(H,36,37)/t22-,25?,26?,27?,33?/m0/s1. The molecular weight excluding hydrogens is 598 g/mol. The van der Waals surface area contributed by atoms with E-state index in [-0.39, 0.29) is 25.4 Å². The van der Waals surface area contributed by atoms with Crippen molar-refractivity contribution in [3.05, 3.63) is 48.0 Å². The molecule has 3 N–H and O–H groups in total. The summed E-state index contributed by atoms with van der Waals surface area (Å²) in [5, 5.41) is 10.2. The van der Waals surface area contributed by atoms with Crippen LogP contribution in [0.2, 0.25) is 0 Å². The van der Waals surface area contributed by atoms with Crippen molar-refractivity contribution in [1.82, 2.24) is 16.0 Å². The summed E-state index contributed by atoms with van der Waals surface area (Å²) in [6.07, 6.45) is 0.385. The van der Waals surface area contributed by atoms with E-state index in [9.17, 15) is 19.2 Å². The van der Waals surface area contributed by atoms with Crippen molar-refractivity contribution >= 4 is 34.8 Å². The Labute approximate surface area is 268 Å². The predicted octanol–water partition coefficient (Wildman–Crippen LogP) is 3.71. The highest BCUT2D eigenvalue weighted by Crippen LogP contribution is 2.41. The molecule has 2 saturated heterocycles. The number of fused-ring (bicyclic) bond motifs is 1. The molecule has 0 saturated carbocycles. The van der Waals surface area contributed by atoms with Gasteiger partial charge in [0, 0.05) is 45.9 Å². The zero-order valence-corrected chi connectivity index (χ0v) is 26.7. The molecule has 1 spiro atoms. The van der Waals surface area contributed by atoms with Gasteiger partial charge in [-0.15, -0.1) is 0 Å². The Morgan fingerprint density at radius 1 is 1.00 bits per heavy atom. The molecule has 2 aromatic rings. The first-order valence-electron chi connectivity index (χ1n) is 15.7. The second-order valence-corrected chi connectivity index (χ2v) is 11.6. The minimum absolute atomic E-state index is 0.0272. The number of methoxy groups -OCH3 is 2. The van der Waals surface area contributed by atoms with Crippen LogP contribution < -0.4 is 16.0 Å². The van der Waals surface area contributed by atoms with E-state index in [4.69, 9.17) is 23.7 Å². The summed E-state index contributed by atoms with van der Waals surface area (Å²) in [4.78, 5) is 49.4. The summed E-state index contributed by atoms with van der Waals surface area (Å²) in [5.74, 6) is -1.96. The molecule has 5 atom stereocenters. The molecule has 4 unspecified atom stereocenters.